The lowest BCUT2D eigenvalue weighted by atomic mass is 9.42. The number of hydrogen-bond donors (Lipinski definition) is 2. The van der Waals surface area contributed by atoms with E-state index in [9.17, 15) is 5.02 Å². The minimum atomic E-state index is -1.81. The standard InChI is InChI=1S/C18H23BN2O/c1-3-4-14-19(22)17-12-8-9-13-18(17)20-15(2)21(19)16-10-6-5-7-11-16/h5-13,20,22H,3-4,14H2,1-2H3. The molecular weight excluding hydrogens is 271 g/mol. The minimum absolute atomic E-state index is 0.765. The van der Waals surface area contributed by atoms with Gasteiger partial charge in [0.25, 0.3) is 0 Å². The molecule has 0 spiro atoms. The molecule has 0 amide bonds. The number of nitrogens with one attached hydrogen (secondary N) is 1. The van der Waals surface area contributed by atoms with Crippen LogP contribution in [0.4, 0.5) is 11.4 Å². The maximum atomic E-state index is 11.7. The van der Waals surface area contributed by atoms with Crippen LogP contribution in [-0.2, 0) is 0 Å². The first kappa shape index (κ1) is 14.9. The summed E-state index contributed by atoms with van der Waals surface area (Å²) in [4.78, 5) is 0. The molecule has 0 aliphatic carbocycles. The molecule has 0 saturated heterocycles. The first-order valence-corrected chi connectivity index (χ1v) is 8.11. The van der Waals surface area contributed by atoms with Gasteiger partial charge in [-0.15, -0.1) is 6.32 Å². The van der Waals surface area contributed by atoms with Gasteiger partial charge in [-0.2, -0.15) is 0 Å². The molecule has 3 rings (SSSR count). The summed E-state index contributed by atoms with van der Waals surface area (Å²) in [6, 6.07) is 18.2. The summed E-state index contributed by atoms with van der Waals surface area (Å²) < 4.78 is 2.08. The van der Waals surface area contributed by atoms with Crippen molar-refractivity contribution in [1.29, 1.82) is 0 Å². The lowest BCUT2D eigenvalue weighted by Crippen LogP contribution is -2.62. The van der Waals surface area contributed by atoms with E-state index < -0.39 is 6.48 Å². The molecule has 114 valence electrons. The zero-order valence-electron chi connectivity index (χ0n) is 13.3. The van der Waals surface area contributed by atoms with E-state index in [2.05, 4.69) is 28.9 Å². The molecule has 3 nitrogen and oxygen atoms in total. The molecule has 0 radical (unpaired) electrons. The molecule has 1 unspecified atom stereocenters. The van der Waals surface area contributed by atoms with E-state index in [-0.39, 0.29) is 0 Å². The molecule has 2 N–H and O–H groups in total. The van der Waals surface area contributed by atoms with Crippen LogP contribution in [0.3, 0.4) is 0 Å². The summed E-state index contributed by atoms with van der Waals surface area (Å²) in [5, 5.41) is 15.1. The van der Waals surface area contributed by atoms with Crippen molar-refractivity contribution in [3.8, 4) is 0 Å². The number of nitrogens with zero attached hydrogens (tertiary/aromatic N) is 1. The SMILES string of the molecule is CCCC[B-]1(O)c2ccccc2NC(C)=[N+]1c1ccccc1. The quantitative estimate of drug-likeness (QED) is 0.849. The lowest BCUT2D eigenvalue weighted by molar-refractivity contribution is -0.317. The summed E-state index contributed by atoms with van der Waals surface area (Å²) >= 11 is 0. The van der Waals surface area contributed by atoms with Crippen LogP contribution >= 0.6 is 0 Å². The van der Waals surface area contributed by atoms with Gasteiger partial charge in [0.2, 0.25) is 5.84 Å². The normalized spacial score (nSPS) is 20.5. The second-order valence-corrected chi connectivity index (χ2v) is 6.09. The molecule has 22 heavy (non-hydrogen) atoms. The summed E-state index contributed by atoms with van der Waals surface area (Å²) in [6.07, 6.45) is 2.84. The molecule has 0 aromatic heterocycles. The van der Waals surface area contributed by atoms with E-state index in [4.69, 9.17) is 0 Å². The number of para-hydroxylation sites is 2. The van der Waals surface area contributed by atoms with Gasteiger partial charge in [0, 0.05) is 6.92 Å². The van der Waals surface area contributed by atoms with Crippen molar-refractivity contribution in [3.05, 3.63) is 54.6 Å². The van der Waals surface area contributed by atoms with Crippen molar-refractivity contribution in [2.75, 3.05) is 5.32 Å². The molecule has 1 atom stereocenters. The molecule has 0 fully saturated rings. The lowest BCUT2D eigenvalue weighted by Gasteiger charge is -2.41. The fraction of sp³-hybridized carbons (Fsp3) is 0.278. The van der Waals surface area contributed by atoms with E-state index in [1.54, 1.807) is 0 Å². The van der Waals surface area contributed by atoms with Gasteiger partial charge in [-0.3, -0.25) is 5.32 Å². The smallest absolute Gasteiger partial charge is 0.344 e. The van der Waals surface area contributed by atoms with Crippen LogP contribution in [0.25, 0.3) is 0 Å². The highest BCUT2D eigenvalue weighted by atomic mass is 16.2. The first-order valence-electron chi connectivity index (χ1n) is 8.11. The van der Waals surface area contributed by atoms with Crippen LogP contribution in [0.15, 0.2) is 54.6 Å². The summed E-state index contributed by atoms with van der Waals surface area (Å²) in [7, 11) is 0. The topological polar surface area (TPSA) is 35.3 Å². The zero-order chi connectivity index (χ0) is 15.6. The number of hydrogen-bond acceptors (Lipinski definition) is 2. The van der Waals surface area contributed by atoms with E-state index in [1.807, 2.05) is 49.4 Å². The average molecular weight is 294 g/mol. The van der Waals surface area contributed by atoms with Gasteiger partial charge in [0.05, 0.1) is 11.4 Å². The van der Waals surface area contributed by atoms with Crippen molar-refractivity contribution in [2.24, 2.45) is 0 Å². The van der Waals surface area contributed by atoms with Crippen LogP contribution in [0, 0.1) is 0 Å². The third kappa shape index (κ3) is 2.44. The third-order valence-electron chi connectivity index (χ3n) is 4.56. The Kier molecular flexibility index (Phi) is 4.03. The van der Waals surface area contributed by atoms with Crippen LogP contribution < -0.4 is 10.8 Å². The van der Waals surface area contributed by atoms with Gasteiger partial charge in [0.15, 0.2) is 0 Å². The Morgan fingerprint density at radius 1 is 1.05 bits per heavy atom. The molecule has 4 heteroatoms. The van der Waals surface area contributed by atoms with E-state index in [0.717, 1.165) is 41.8 Å². The van der Waals surface area contributed by atoms with Crippen LogP contribution in [0.2, 0.25) is 6.32 Å². The maximum Gasteiger partial charge on any atom is 0.344 e. The zero-order valence-corrected chi connectivity index (χ0v) is 13.3. The Labute approximate surface area is 132 Å². The van der Waals surface area contributed by atoms with Crippen molar-refractivity contribution >= 4 is 29.2 Å². The predicted molar refractivity (Wildman–Crippen MR) is 94.4 cm³/mol. The first-order chi connectivity index (χ1) is 10.7. The van der Waals surface area contributed by atoms with Crippen molar-refractivity contribution in [3.63, 3.8) is 0 Å². The monoisotopic (exact) mass is 294 g/mol. The molecular formula is C18H23BN2O. The number of rotatable bonds is 4. The Balaban J connectivity index is 2.18. The molecule has 0 bridgehead atoms. The van der Waals surface area contributed by atoms with Gasteiger partial charge in [-0.25, -0.2) is 0 Å². The average Bonchev–Trinajstić information content (AvgIpc) is 2.54. The minimum Gasteiger partial charge on any atom is -0.564 e. The molecule has 1 aliphatic heterocycles. The number of anilines is 1. The Morgan fingerprint density at radius 3 is 2.45 bits per heavy atom. The highest BCUT2D eigenvalue weighted by molar-refractivity contribution is 6.81. The van der Waals surface area contributed by atoms with Crippen LogP contribution in [0.1, 0.15) is 26.7 Å². The number of amidine groups is 1. The van der Waals surface area contributed by atoms with Gasteiger partial charge < -0.3 is 9.51 Å². The number of fused-ring (bicyclic) bond motifs is 1. The summed E-state index contributed by atoms with van der Waals surface area (Å²) in [5.41, 5.74) is 3.05. The molecule has 0 saturated carbocycles. The van der Waals surface area contributed by atoms with Gasteiger partial charge in [-0.05, 0) is 18.2 Å². The van der Waals surface area contributed by atoms with Crippen LogP contribution in [0.5, 0.6) is 0 Å². The number of unbranched alkanes of at least 4 members (excludes halogenated alkanes) is 1. The summed E-state index contributed by atoms with van der Waals surface area (Å²) in [6.45, 7) is 2.39. The van der Waals surface area contributed by atoms with Gasteiger partial charge in [-0.1, -0.05) is 61.6 Å². The predicted octanol–water partition coefficient (Wildman–Crippen LogP) is 3.32. The van der Waals surface area contributed by atoms with E-state index >= 15 is 0 Å². The van der Waals surface area contributed by atoms with Crippen molar-refractivity contribution < 1.29 is 9.51 Å². The largest absolute Gasteiger partial charge is 0.564 e. The molecule has 1 heterocycles. The fourth-order valence-corrected chi connectivity index (χ4v) is 3.53. The highest BCUT2D eigenvalue weighted by Gasteiger charge is 2.40. The highest BCUT2D eigenvalue weighted by Crippen LogP contribution is 2.27. The fourth-order valence-electron chi connectivity index (χ4n) is 3.53. The van der Waals surface area contributed by atoms with E-state index in [0.29, 0.717) is 0 Å². The maximum absolute atomic E-state index is 11.7. The second kappa shape index (κ2) is 5.97. The Hall–Kier alpha value is -2.07. The van der Waals surface area contributed by atoms with Gasteiger partial charge in [0.1, 0.15) is 0 Å². The number of benzene rings is 2. The van der Waals surface area contributed by atoms with Crippen LogP contribution in [-0.4, -0.2) is 21.8 Å². The Morgan fingerprint density at radius 2 is 1.73 bits per heavy atom. The van der Waals surface area contributed by atoms with Crippen molar-refractivity contribution in [1.82, 2.24) is 0 Å². The van der Waals surface area contributed by atoms with E-state index in [1.165, 1.54) is 0 Å². The second-order valence-electron chi connectivity index (χ2n) is 6.09. The molecule has 1 aliphatic rings. The Bertz CT molecular complexity index is 699. The van der Waals surface area contributed by atoms with Gasteiger partial charge >= 0.3 is 6.48 Å². The summed E-state index contributed by atoms with van der Waals surface area (Å²) in [5.74, 6) is 0.975. The molecule has 2 aromatic rings. The third-order valence-corrected chi connectivity index (χ3v) is 4.56. The molecule has 2 aromatic carbocycles. The van der Waals surface area contributed by atoms with Crippen molar-refractivity contribution in [2.45, 2.75) is 33.0 Å².